The molecule has 0 aromatic heterocycles. The number of halogens is 2. The van der Waals surface area contributed by atoms with Crippen LogP contribution in [0.5, 0.6) is 0 Å². The molecule has 0 bridgehead atoms. The Kier molecular flexibility index (Phi) is 1.43. The van der Waals surface area contributed by atoms with Crippen LogP contribution in [0.2, 0.25) is 0 Å². The van der Waals surface area contributed by atoms with E-state index in [1.165, 1.54) is 0 Å². The Morgan fingerprint density at radius 2 is 1.50 bits per heavy atom. The van der Waals surface area contributed by atoms with Gasteiger partial charge in [-0.3, -0.25) is 0 Å². The quantitative estimate of drug-likeness (QED) is 0.348. The normalized spacial score (nSPS) is 9.75. The molecule has 4 heavy (non-hydrogen) atoms. The molecule has 0 saturated heterocycles. The van der Waals surface area contributed by atoms with E-state index in [9.17, 15) is 8.78 Å². The molecule has 0 aliphatic heterocycles. The van der Waals surface area contributed by atoms with E-state index in [4.69, 9.17) is 0 Å². The molecule has 0 nitrogen and oxygen atoms in total. The molecule has 0 radical (unpaired) electrons. The van der Waals surface area contributed by atoms with Crippen molar-refractivity contribution in [2.75, 3.05) is 0 Å². The minimum absolute atomic E-state index is 0.0154. The van der Waals surface area contributed by atoms with Crippen molar-refractivity contribution in [2.24, 2.45) is 0 Å². The lowest BCUT2D eigenvalue weighted by molar-refractivity contribution is 0.242. The predicted molar refractivity (Wildman–Crippen MR) is 15.9 cm³/mol. The molecule has 0 N–H and O–H groups in total. The van der Waals surface area contributed by atoms with E-state index in [0.29, 0.717) is 0 Å². The summed E-state index contributed by atoms with van der Waals surface area (Å²) in [5.41, 5.74) is 0. The first-order chi connectivity index (χ1) is 1.73. The molecule has 3 heteroatoms. The highest BCUT2D eigenvalue weighted by Gasteiger charge is 1.79. The third kappa shape index (κ3) is 407. The van der Waals surface area contributed by atoms with Gasteiger partial charge in [0.2, 0.25) is 6.05 Å². The van der Waals surface area contributed by atoms with Gasteiger partial charge >= 0.3 is 0 Å². The van der Waals surface area contributed by atoms with Gasteiger partial charge in [-0.05, 0) is 0 Å². The van der Waals surface area contributed by atoms with Gasteiger partial charge in [-0.15, -0.1) is 0 Å². The van der Waals surface area contributed by atoms with Crippen LogP contribution >= 0.6 is 0 Å². The van der Waals surface area contributed by atoms with Crippen molar-refractivity contribution in [3.63, 3.8) is 0 Å². The van der Waals surface area contributed by atoms with Crippen LogP contribution < -0.4 is 0 Å². The molecule has 0 atom stereocenters. The van der Waals surface area contributed by atoms with Crippen molar-refractivity contribution in [3.8, 4) is 0 Å². The maximum atomic E-state index is 10.4. The van der Waals surface area contributed by atoms with Crippen LogP contribution in [-0.4, -0.2) is 16.3 Å². The van der Waals surface area contributed by atoms with Crippen LogP contribution in [0.4, 0.5) is 8.78 Å². The zero-order valence-electron chi connectivity index (χ0n) is 2.33. The highest BCUT2D eigenvalue weighted by molar-refractivity contribution is 6.09. The van der Waals surface area contributed by atoms with Gasteiger partial charge in [0.25, 0.3) is 0 Å². The first-order valence-corrected chi connectivity index (χ1v) is 2.17. The van der Waals surface area contributed by atoms with Crippen LogP contribution in [0.25, 0.3) is 0 Å². The lowest BCUT2D eigenvalue weighted by Crippen LogP contribution is -1.80. The molecular weight excluding hydrogens is 78.1 g/mol. The third-order valence-electron chi connectivity index (χ3n) is 0. The van der Waals surface area contributed by atoms with Crippen LogP contribution in [0, 0.1) is 0 Å². The molecule has 0 heterocycles. The Bertz CT molecular complexity index is 10.8. The maximum absolute atomic E-state index is 10.4. The SMILES string of the molecule is FC(F)[SiH3]. The minimum Gasteiger partial charge on any atom is -0.217 e. The van der Waals surface area contributed by atoms with Gasteiger partial charge in [0, 0.05) is 0 Å². The van der Waals surface area contributed by atoms with Crippen molar-refractivity contribution >= 4 is 10.2 Å². The van der Waals surface area contributed by atoms with Crippen molar-refractivity contribution in [3.05, 3.63) is 0 Å². The summed E-state index contributed by atoms with van der Waals surface area (Å²) in [6.45, 7) is 0. The summed E-state index contributed by atoms with van der Waals surface area (Å²) < 4.78 is 20.8. The zero-order valence-corrected chi connectivity index (χ0v) is 4.33. The van der Waals surface area contributed by atoms with E-state index >= 15 is 0 Å². The van der Waals surface area contributed by atoms with Gasteiger partial charge in [-0.2, -0.15) is 0 Å². The van der Waals surface area contributed by atoms with Crippen LogP contribution in [0.3, 0.4) is 0 Å². The third-order valence-corrected chi connectivity index (χ3v) is 0. The topological polar surface area (TPSA) is 0 Å². The number of rotatable bonds is 0. The van der Waals surface area contributed by atoms with Gasteiger partial charge in [0.05, 0.1) is 10.2 Å². The Labute approximate surface area is 26.2 Å². The van der Waals surface area contributed by atoms with E-state index in [-0.39, 0.29) is 10.2 Å². The standard InChI is InChI=1S/CH4F2Si/c2-1(3)4/h1H,4H3. The molecule has 0 spiro atoms. The summed E-state index contributed by atoms with van der Waals surface area (Å²) in [6, 6.07) is -2.03. The predicted octanol–water partition coefficient (Wildman–Crippen LogP) is -0.426. The summed E-state index contributed by atoms with van der Waals surface area (Å²) >= 11 is 0. The average molecular weight is 82.1 g/mol. The minimum atomic E-state index is -2.03. The smallest absolute Gasteiger partial charge is 0.210 e. The highest BCUT2D eigenvalue weighted by Crippen LogP contribution is 1.76. The monoisotopic (exact) mass is 82.0 g/mol. The Morgan fingerprint density at radius 3 is 1.50 bits per heavy atom. The first kappa shape index (κ1) is 4.08. The number of hydrogen-bond acceptors (Lipinski definition) is 0. The summed E-state index contributed by atoms with van der Waals surface area (Å²) in [6.07, 6.45) is 0. The second-order valence-corrected chi connectivity index (χ2v) is 1.39. The van der Waals surface area contributed by atoms with Crippen molar-refractivity contribution in [1.82, 2.24) is 0 Å². The fourth-order valence-corrected chi connectivity index (χ4v) is 0. The maximum Gasteiger partial charge on any atom is 0.210 e. The van der Waals surface area contributed by atoms with Crippen molar-refractivity contribution < 1.29 is 8.78 Å². The Balaban J connectivity index is 2.32. The fourth-order valence-electron chi connectivity index (χ4n) is 0. The molecule has 0 saturated carbocycles. The summed E-state index contributed by atoms with van der Waals surface area (Å²) in [5, 5.41) is 0. The lowest BCUT2D eigenvalue weighted by Gasteiger charge is -1.70. The zero-order chi connectivity index (χ0) is 3.58. The van der Waals surface area contributed by atoms with Gasteiger partial charge < -0.3 is 0 Å². The fraction of sp³-hybridized carbons (Fsp3) is 1.00. The molecule has 0 aromatic rings. The highest BCUT2D eigenvalue weighted by atomic mass is 28.1. The number of hydrogen-bond donors (Lipinski definition) is 0. The van der Waals surface area contributed by atoms with Crippen LogP contribution in [0.15, 0.2) is 0 Å². The molecule has 0 unspecified atom stereocenters. The Hall–Kier alpha value is 0.0769. The average Bonchev–Trinajstić information content (AvgIpc) is 0.811. The molecule has 0 aromatic carbocycles. The molecular formula is CH4F2Si. The van der Waals surface area contributed by atoms with Crippen LogP contribution in [-0.2, 0) is 0 Å². The van der Waals surface area contributed by atoms with E-state index in [1.54, 1.807) is 0 Å². The van der Waals surface area contributed by atoms with Crippen molar-refractivity contribution in [2.45, 2.75) is 6.05 Å². The van der Waals surface area contributed by atoms with Gasteiger partial charge in [-0.1, -0.05) is 0 Å². The van der Waals surface area contributed by atoms with Gasteiger partial charge in [0.1, 0.15) is 0 Å². The molecule has 0 aliphatic rings. The largest absolute Gasteiger partial charge is 0.217 e. The van der Waals surface area contributed by atoms with E-state index in [2.05, 4.69) is 0 Å². The second-order valence-electron chi connectivity index (χ2n) is 0.519. The number of alkyl halides is 2. The van der Waals surface area contributed by atoms with E-state index in [1.807, 2.05) is 0 Å². The van der Waals surface area contributed by atoms with E-state index in [0.717, 1.165) is 0 Å². The lowest BCUT2D eigenvalue weighted by atomic mass is 11.7. The first-order valence-electron chi connectivity index (χ1n) is 1.01. The Morgan fingerprint density at radius 1 is 1.50 bits per heavy atom. The van der Waals surface area contributed by atoms with Crippen molar-refractivity contribution in [1.29, 1.82) is 0 Å². The molecule has 0 aliphatic carbocycles. The molecule has 0 rings (SSSR count). The molecule has 0 fully saturated rings. The van der Waals surface area contributed by atoms with Crippen LogP contribution in [0.1, 0.15) is 0 Å². The summed E-state index contributed by atoms with van der Waals surface area (Å²) in [4.78, 5) is 0. The van der Waals surface area contributed by atoms with E-state index < -0.39 is 6.05 Å². The van der Waals surface area contributed by atoms with Gasteiger partial charge in [-0.25, -0.2) is 8.78 Å². The molecule has 0 amide bonds. The molecule has 26 valence electrons. The van der Waals surface area contributed by atoms with Gasteiger partial charge in [0.15, 0.2) is 0 Å². The summed E-state index contributed by atoms with van der Waals surface area (Å²) in [7, 11) is 0.0154. The summed E-state index contributed by atoms with van der Waals surface area (Å²) in [5.74, 6) is 0. The second kappa shape index (κ2) is 1.40.